The molecule has 3 aromatic rings. The van der Waals surface area contributed by atoms with Gasteiger partial charge in [0.2, 0.25) is 0 Å². The van der Waals surface area contributed by atoms with Gasteiger partial charge in [0.05, 0.1) is 19.2 Å². The monoisotopic (exact) mass is 440 g/mol. The van der Waals surface area contributed by atoms with Crippen LogP contribution in [0, 0.1) is 12.7 Å². The van der Waals surface area contributed by atoms with Gasteiger partial charge in [0, 0.05) is 24.5 Å². The Morgan fingerprint density at radius 3 is 2.61 bits per heavy atom. The van der Waals surface area contributed by atoms with Crippen LogP contribution in [0.25, 0.3) is 0 Å². The zero-order valence-corrected chi connectivity index (χ0v) is 18.9. The number of aryl methyl sites for hydroxylation is 1. The highest BCUT2D eigenvalue weighted by Gasteiger charge is 2.22. The molecule has 0 amide bonds. The Labute approximate surface area is 187 Å². The normalized spacial score (nSPS) is 16.3. The molecule has 5 nitrogen and oxygen atoms in total. The summed E-state index contributed by atoms with van der Waals surface area (Å²) < 4.78 is 22.1. The number of halogens is 1. The molecule has 0 N–H and O–H groups in total. The summed E-state index contributed by atoms with van der Waals surface area (Å²) in [6, 6.07) is 15.3. The van der Waals surface area contributed by atoms with E-state index < -0.39 is 0 Å². The van der Waals surface area contributed by atoms with Crippen LogP contribution in [0.4, 0.5) is 4.39 Å². The minimum absolute atomic E-state index is 0.176. The smallest absolute Gasteiger partial charge is 0.191 e. The van der Waals surface area contributed by atoms with Crippen LogP contribution in [0.2, 0.25) is 0 Å². The number of rotatable bonds is 9. The summed E-state index contributed by atoms with van der Waals surface area (Å²) in [7, 11) is 1.98. The second-order valence-electron chi connectivity index (χ2n) is 8.12. The third kappa shape index (κ3) is 5.73. The molecule has 1 atom stereocenters. The predicted octanol–water partition coefficient (Wildman–Crippen LogP) is 4.83. The zero-order valence-electron chi connectivity index (χ0n) is 18.1. The van der Waals surface area contributed by atoms with Gasteiger partial charge in [-0.15, -0.1) is 10.2 Å². The van der Waals surface area contributed by atoms with Crippen molar-refractivity contribution in [2.24, 2.45) is 0 Å². The second-order valence-corrected chi connectivity index (χ2v) is 9.07. The molecule has 7 heteroatoms. The maximum Gasteiger partial charge on any atom is 0.191 e. The van der Waals surface area contributed by atoms with Crippen molar-refractivity contribution in [2.45, 2.75) is 56.4 Å². The highest BCUT2D eigenvalue weighted by Crippen LogP contribution is 2.26. The summed E-state index contributed by atoms with van der Waals surface area (Å²) in [4.78, 5) is 2.07. The van der Waals surface area contributed by atoms with Crippen LogP contribution in [0.1, 0.15) is 35.4 Å². The van der Waals surface area contributed by atoms with E-state index in [0.717, 1.165) is 42.7 Å². The first-order chi connectivity index (χ1) is 15.1. The molecule has 1 aliphatic rings. The highest BCUT2D eigenvalue weighted by atomic mass is 32.2. The molecule has 1 aliphatic heterocycles. The summed E-state index contributed by atoms with van der Waals surface area (Å²) in [5.74, 6) is 1.56. The molecule has 0 aliphatic carbocycles. The number of nitrogens with zero attached hydrogens (tertiary/aromatic N) is 4. The van der Waals surface area contributed by atoms with E-state index in [2.05, 4.69) is 50.9 Å². The zero-order chi connectivity index (χ0) is 21.6. The van der Waals surface area contributed by atoms with Crippen LogP contribution >= 0.6 is 11.8 Å². The van der Waals surface area contributed by atoms with E-state index in [1.54, 1.807) is 17.8 Å². The van der Waals surface area contributed by atoms with Gasteiger partial charge in [-0.2, -0.15) is 0 Å². The standard InChI is InChI=1S/C24H29FN4OS/c1-18-8-3-4-10-20(18)17-31-24-27-26-23(29(24)15-21-11-7-13-30-21)16-28(2)14-19-9-5-6-12-22(19)25/h3-6,8-10,12,21H,7,11,13-17H2,1-2H3/t21-/m1/s1. The first-order valence-electron chi connectivity index (χ1n) is 10.7. The van der Waals surface area contributed by atoms with Crippen LogP contribution in [-0.2, 0) is 30.1 Å². The van der Waals surface area contributed by atoms with Crippen molar-refractivity contribution in [3.8, 4) is 0 Å². The molecular formula is C24H29FN4OS. The lowest BCUT2D eigenvalue weighted by molar-refractivity contribution is 0.0934. The largest absolute Gasteiger partial charge is 0.376 e. The summed E-state index contributed by atoms with van der Waals surface area (Å²) in [6.07, 6.45) is 2.36. The fourth-order valence-electron chi connectivity index (χ4n) is 3.85. The lowest BCUT2D eigenvalue weighted by Crippen LogP contribution is -2.23. The van der Waals surface area contributed by atoms with Crippen molar-refractivity contribution in [3.05, 3.63) is 76.9 Å². The first kappa shape index (κ1) is 22.0. The van der Waals surface area contributed by atoms with Crippen molar-refractivity contribution in [2.75, 3.05) is 13.7 Å². The number of thioether (sulfide) groups is 1. The average Bonchev–Trinajstić information content (AvgIpc) is 3.40. The Kier molecular flexibility index (Phi) is 7.37. The Hall–Kier alpha value is -2.22. The number of hydrogen-bond acceptors (Lipinski definition) is 5. The Bertz CT molecular complexity index is 1000. The van der Waals surface area contributed by atoms with E-state index >= 15 is 0 Å². The summed E-state index contributed by atoms with van der Waals surface area (Å²) >= 11 is 1.71. The molecule has 0 radical (unpaired) electrons. The van der Waals surface area contributed by atoms with Gasteiger partial charge in [0.15, 0.2) is 5.16 Å². The quantitative estimate of drug-likeness (QED) is 0.446. The highest BCUT2D eigenvalue weighted by molar-refractivity contribution is 7.98. The summed E-state index contributed by atoms with van der Waals surface area (Å²) in [5, 5.41) is 9.91. The van der Waals surface area contributed by atoms with Crippen LogP contribution < -0.4 is 0 Å². The third-order valence-electron chi connectivity index (χ3n) is 5.63. The Morgan fingerprint density at radius 2 is 1.87 bits per heavy atom. The van der Waals surface area contributed by atoms with Gasteiger partial charge in [-0.3, -0.25) is 4.90 Å². The minimum atomic E-state index is -0.176. The topological polar surface area (TPSA) is 43.2 Å². The van der Waals surface area contributed by atoms with Crippen molar-refractivity contribution >= 4 is 11.8 Å². The van der Waals surface area contributed by atoms with E-state index in [4.69, 9.17) is 4.74 Å². The molecule has 0 bridgehead atoms. The predicted molar refractivity (Wildman–Crippen MR) is 121 cm³/mol. The number of aromatic nitrogens is 3. The Balaban J connectivity index is 1.49. The molecule has 1 fully saturated rings. The molecule has 1 aromatic heterocycles. The van der Waals surface area contributed by atoms with Crippen LogP contribution in [0.3, 0.4) is 0 Å². The van der Waals surface area contributed by atoms with E-state index in [9.17, 15) is 4.39 Å². The lowest BCUT2D eigenvalue weighted by atomic mass is 10.1. The van der Waals surface area contributed by atoms with Crippen molar-refractivity contribution < 1.29 is 9.13 Å². The van der Waals surface area contributed by atoms with Crippen molar-refractivity contribution in [3.63, 3.8) is 0 Å². The fourth-order valence-corrected chi connectivity index (χ4v) is 4.89. The molecule has 164 valence electrons. The van der Waals surface area contributed by atoms with Gasteiger partial charge in [0.25, 0.3) is 0 Å². The molecule has 1 saturated heterocycles. The van der Waals surface area contributed by atoms with Gasteiger partial charge >= 0.3 is 0 Å². The SMILES string of the molecule is Cc1ccccc1CSc1nnc(CN(C)Cc2ccccc2F)n1C[C@H]1CCCO1. The average molecular weight is 441 g/mol. The van der Waals surface area contributed by atoms with Gasteiger partial charge in [-0.25, -0.2) is 4.39 Å². The van der Waals surface area contributed by atoms with E-state index in [0.29, 0.717) is 18.7 Å². The molecule has 0 saturated carbocycles. The number of benzene rings is 2. The van der Waals surface area contributed by atoms with E-state index in [1.165, 1.54) is 17.2 Å². The second kappa shape index (κ2) is 10.4. The first-order valence-corrected chi connectivity index (χ1v) is 11.7. The lowest BCUT2D eigenvalue weighted by Gasteiger charge is -2.19. The van der Waals surface area contributed by atoms with Crippen molar-refractivity contribution in [1.82, 2.24) is 19.7 Å². The van der Waals surface area contributed by atoms with Crippen molar-refractivity contribution in [1.29, 1.82) is 0 Å². The minimum Gasteiger partial charge on any atom is -0.376 e. The molecular weight excluding hydrogens is 411 g/mol. The van der Waals surface area contributed by atoms with E-state index in [-0.39, 0.29) is 11.9 Å². The molecule has 0 unspecified atom stereocenters. The number of hydrogen-bond donors (Lipinski definition) is 0. The molecule has 31 heavy (non-hydrogen) atoms. The Morgan fingerprint density at radius 1 is 1.10 bits per heavy atom. The third-order valence-corrected chi connectivity index (χ3v) is 6.65. The molecule has 2 aromatic carbocycles. The fraction of sp³-hybridized carbons (Fsp3) is 0.417. The van der Waals surface area contributed by atoms with Gasteiger partial charge in [-0.05, 0) is 44.0 Å². The van der Waals surface area contributed by atoms with Gasteiger partial charge < -0.3 is 9.30 Å². The van der Waals surface area contributed by atoms with Gasteiger partial charge in [-0.1, -0.05) is 54.2 Å². The maximum atomic E-state index is 14.1. The van der Waals surface area contributed by atoms with E-state index in [1.807, 2.05) is 19.2 Å². The van der Waals surface area contributed by atoms with Crippen LogP contribution in [0.15, 0.2) is 53.7 Å². The summed E-state index contributed by atoms with van der Waals surface area (Å²) in [6.45, 7) is 4.83. The van der Waals surface area contributed by atoms with Gasteiger partial charge in [0.1, 0.15) is 11.6 Å². The van der Waals surface area contributed by atoms with Crippen LogP contribution in [-0.4, -0.2) is 39.4 Å². The number of ether oxygens (including phenoxy) is 1. The molecule has 2 heterocycles. The molecule has 4 rings (SSSR count). The maximum absolute atomic E-state index is 14.1. The molecule has 0 spiro atoms. The van der Waals surface area contributed by atoms with Crippen LogP contribution in [0.5, 0.6) is 0 Å². The summed E-state index contributed by atoms with van der Waals surface area (Å²) in [5.41, 5.74) is 3.27.